The van der Waals surface area contributed by atoms with Crippen LogP contribution in [0.1, 0.15) is 59.3 Å². The van der Waals surface area contributed by atoms with Gasteiger partial charge in [-0.25, -0.2) is 0 Å². The number of rotatable bonds is 3. The second kappa shape index (κ2) is 6.91. The van der Waals surface area contributed by atoms with Gasteiger partial charge < -0.3 is 10.2 Å². The lowest BCUT2D eigenvalue weighted by molar-refractivity contribution is 0.174. The number of nitrogens with zero attached hydrogens (tertiary/aromatic N) is 1. The molecule has 18 heavy (non-hydrogen) atoms. The zero-order chi connectivity index (χ0) is 13.0. The van der Waals surface area contributed by atoms with E-state index in [2.05, 4.69) is 31.0 Å². The van der Waals surface area contributed by atoms with Gasteiger partial charge >= 0.3 is 0 Å². The van der Waals surface area contributed by atoms with Gasteiger partial charge in [-0.15, -0.1) is 0 Å². The lowest BCUT2D eigenvalue weighted by Crippen LogP contribution is -2.45. The van der Waals surface area contributed by atoms with E-state index >= 15 is 0 Å². The summed E-state index contributed by atoms with van der Waals surface area (Å²) in [7, 11) is 0. The molecule has 2 nitrogen and oxygen atoms in total. The maximum absolute atomic E-state index is 3.76. The highest BCUT2D eigenvalue weighted by Crippen LogP contribution is 2.32. The fraction of sp³-hybridized carbons (Fsp3) is 1.00. The van der Waals surface area contributed by atoms with Gasteiger partial charge in [0.1, 0.15) is 0 Å². The van der Waals surface area contributed by atoms with E-state index in [0.717, 1.165) is 17.9 Å². The van der Waals surface area contributed by atoms with Crippen molar-refractivity contribution in [3.63, 3.8) is 0 Å². The van der Waals surface area contributed by atoms with Crippen molar-refractivity contribution in [1.82, 2.24) is 10.2 Å². The van der Waals surface area contributed by atoms with Crippen molar-refractivity contribution in [3.05, 3.63) is 0 Å². The van der Waals surface area contributed by atoms with Gasteiger partial charge in [0.25, 0.3) is 0 Å². The minimum atomic E-state index is 0.693. The molecule has 106 valence electrons. The molecular weight excluding hydrogens is 220 g/mol. The first-order valence-electron chi connectivity index (χ1n) is 8.17. The lowest BCUT2D eigenvalue weighted by Gasteiger charge is -2.34. The maximum Gasteiger partial charge on any atom is 0.00790 e. The molecule has 0 bridgehead atoms. The van der Waals surface area contributed by atoms with Crippen LogP contribution < -0.4 is 5.32 Å². The highest BCUT2D eigenvalue weighted by atomic mass is 15.1. The van der Waals surface area contributed by atoms with Crippen molar-refractivity contribution in [2.45, 2.75) is 71.4 Å². The average molecular weight is 252 g/mol. The van der Waals surface area contributed by atoms with Gasteiger partial charge in [0.2, 0.25) is 0 Å². The number of nitrogens with one attached hydrogen (secondary N) is 1. The van der Waals surface area contributed by atoms with Crippen molar-refractivity contribution in [2.75, 3.05) is 19.6 Å². The topological polar surface area (TPSA) is 15.3 Å². The Bertz CT molecular complexity index is 241. The summed E-state index contributed by atoms with van der Waals surface area (Å²) in [5.41, 5.74) is 0. The molecule has 2 fully saturated rings. The van der Waals surface area contributed by atoms with Gasteiger partial charge in [-0.3, -0.25) is 0 Å². The molecule has 0 aromatic rings. The fourth-order valence-corrected chi connectivity index (χ4v) is 3.73. The Morgan fingerprint density at radius 2 is 1.83 bits per heavy atom. The highest BCUT2D eigenvalue weighted by Gasteiger charge is 2.26. The summed E-state index contributed by atoms with van der Waals surface area (Å²) >= 11 is 0. The molecule has 1 N–H and O–H groups in total. The quantitative estimate of drug-likeness (QED) is 0.829. The standard InChI is InChI=1S/C16H32N2/c1-4-16-9-11-18(10-8-14(3)17-16)12-15-7-5-6-13(15)2/h13-17H,4-12H2,1-3H3. The predicted octanol–water partition coefficient (Wildman–Crippen LogP) is 3.28. The summed E-state index contributed by atoms with van der Waals surface area (Å²) in [5, 5.41) is 3.76. The molecular formula is C16H32N2. The Labute approximate surface area is 114 Å². The minimum absolute atomic E-state index is 0.693. The molecule has 2 rings (SSSR count). The molecule has 1 aliphatic heterocycles. The Morgan fingerprint density at radius 3 is 2.50 bits per heavy atom. The Kier molecular flexibility index (Phi) is 5.50. The molecule has 0 aromatic heterocycles. The van der Waals surface area contributed by atoms with E-state index in [-0.39, 0.29) is 0 Å². The van der Waals surface area contributed by atoms with Crippen molar-refractivity contribution in [2.24, 2.45) is 11.8 Å². The maximum atomic E-state index is 3.76. The van der Waals surface area contributed by atoms with E-state index in [9.17, 15) is 0 Å². The van der Waals surface area contributed by atoms with E-state index in [1.54, 1.807) is 0 Å². The van der Waals surface area contributed by atoms with Gasteiger partial charge in [-0.05, 0) is 57.5 Å². The predicted molar refractivity (Wildman–Crippen MR) is 78.9 cm³/mol. The molecule has 0 amide bonds. The first-order valence-corrected chi connectivity index (χ1v) is 8.17. The molecule has 0 aromatic carbocycles. The molecule has 0 spiro atoms. The highest BCUT2D eigenvalue weighted by molar-refractivity contribution is 4.81. The molecule has 1 heterocycles. The van der Waals surface area contributed by atoms with Gasteiger partial charge in [-0.2, -0.15) is 0 Å². The second-order valence-corrected chi connectivity index (χ2v) is 6.72. The molecule has 2 heteroatoms. The summed E-state index contributed by atoms with van der Waals surface area (Å²) in [5.74, 6) is 1.95. The van der Waals surface area contributed by atoms with Crippen LogP contribution in [0.15, 0.2) is 0 Å². The van der Waals surface area contributed by atoms with Gasteiger partial charge in [-0.1, -0.05) is 26.7 Å². The number of hydrogen-bond donors (Lipinski definition) is 1. The number of hydrogen-bond acceptors (Lipinski definition) is 2. The minimum Gasteiger partial charge on any atom is -0.311 e. The molecule has 1 saturated carbocycles. The van der Waals surface area contributed by atoms with Crippen LogP contribution in [0, 0.1) is 11.8 Å². The average Bonchev–Trinajstić information content (AvgIpc) is 2.74. The first kappa shape index (κ1) is 14.3. The van der Waals surface area contributed by atoms with Gasteiger partial charge in [0.05, 0.1) is 0 Å². The third-order valence-corrected chi connectivity index (χ3v) is 5.22. The monoisotopic (exact) mass is 252 g/mol. The van der Waals surface area contributed by atoms with Gasteiger partial charge in [0.15, 0.2) is 0 Å². The Morgan fingerprint density at radius 1 is 1.06 bits per heavy atom. The summed E-state index contributed by atoms with van der Waals surface area (Å²) in [6.45, 7) is 11.1. The smallest absolute Gasteiger partial charge is 0.00790 e. The van der Waals surface area contributed by atoms with Crippen LogP contribution >= 0.6 is 0 Å². The van der Waals surface area contributed by atoms with Crippen molar-refractivity contribution in [3.8, 4) is 0 Å². The Hall–Kier alpha value is -0.0800. The Balaban J connectivity index is 1.83. The summed E-state index contributed by atoms with van der Waals surface area (Å²) in [6.07, 6.45) is 8.34. The van der Waals surface area contributed by atoms with Crippen LogP contribution in [0.25, 0.3) is 0 Å². The zero-order valence-corrected chi connectivity index (χ0v) is 12.6. The molecule has 0 radical (unpaired) electrons. The first-order chi connectivity index (χ1) is 8.69. The largest absolute Gasteiger partial charge is 0.311 e. The molecule has 1 saturated heterocycles. The third kappa shape index (κ3) is 3.96. The summed E-state index contributed by atoms with van der Waals surface area (Å²) in [4.78, 5) is 2.76. The van der Waals surface area contributed by atoms with Crippen molar-refractivity contribution in [1.29, 1.82) is 0 Å². The van der Waals surface area contributed by atoms with Crippen LogP contribution in [-0.2, 0) is 0 Å². The van der Waals surface area contributed by atoms with Crippen molar-refractivity contribution >= 4 is 0 Å². The van der Waals surface area contributed by atoms with Crippen LogP contribution in [0.4, 0.5) is 0 Å². The van der Waals surface area contributed by atoms with E-state index in [1.165, 1.54) is 58.2 Å². The van der Waals surface area contributed by atoms with Crippen LogP contribution in [0.5, 0.6) is 0 Å². The fourth-order valence-electron chi connectivity index (χ4n) is 3.73. The summed E-state index contributed by atoms with van der Waals surface area (Å²) < 4.78 is 0. The zero-order valence-electron chi connectivity index (χ0n) is 12.6. The van der Waals surface area contributed by atoms with E-state index < -0.39 is 0 Å². The van der Waals surface area contributed by atoms with Gasteiger partial charge in [0, 0.05) is 18.6 Å². The lowest BCUT2D eigenvalue weighted by atomic mass is 9.96. The molecule has 4 unspecified atom stereocenters. The van der Waals surface area contributed by atoms with E-state index in [1.807, 2.05) is 0 Å². The van der Waals surface area contributed by atoms with Crippen LogP contribution in [-0.4, -0.2) is 36.6 Å². The van der Waals surface area contributed by atoms with E-state index in [4.69, 9.17) is 0 Å². The SMILES string of the molecule is CCC1CCN(CC2CCCC2C)CCC(C)N1. The van der Waals surface area contributed by atoms with Crippen LogP contribution in [0.3, 0.4) is 0 Å². The second-order valence-electron chi connectivity index (χ2n) is 6.72. The molecule has 1 aliphatic carbocycles. The van der Waals surface area contributed by atoms with E-state index in [0.29, 0.717) is 6.04 Å². The van der Waals surface area contributed by atoms with Crippen molar-refractivity contribution < 1.29 is 0 Å². The van der Waals surface area contributed by atoms with Crippen LogP contribution in [0.2, 0.25) is 0 Å². The molecule has 2 aliphatic rings. The third-order valence-electron chi connectivity index (χ3n) is 5.22. The normalized spacial score (nSPS) is 39.5. The summed E-state index contributed by atoms with van der Waals surface area (Å²) in [6, 6.07) is 1.43. The molecule has 4 atom stereocenters.